The number of aliphatic carboxylic acids is 1. The van der Waals surface area contributed by atoms with Gasteiger partial charge in [0.15, 0.2) is 0 Å². The summed E-state index contributed by atoms with van der Waals surface area (Å²) in [5, 5.41) is 8.45. The molecule has 0 unspecified atom stereocenters. The molecule has 0 saturated carbocycles. The van der Waals surface area contributed by atoms with E-state index in [1.807, 2.05) is 13.8 Å². The van der Waals surface area contributed by atoms with Gasteiger partial charge in [0, 0.05) is 19.5 Å². The van der Waals surface area contributed by atoms with Gasteiger partial charge in [-0.1, -0.05) is 13.8 Å². The fraction of sp³-hybridized carbons (Fsp3) is 0.900. The van der Waals surface area contributed by atoms with Gasteiger partial charge in [-0.05, 0) is 18.3 Å². The lowest BCUT2D eigenvalue weighted by molar-refractivity contribution is -0.137. The van der Waals surface area contributed by atoms with E-state index in [0.717, 1.165) is 6.42 Å². The fourth-order valence-electron chi connectivity index (χ4n) is 1.84. The lowest BCUT2D eigenvalue weighted by Gasteiger charge is -2.19. The number of hydrogen-bond acceptors (Lipinski definition) is 3. The minimum atomic E-state index is -3.26. The average molecular weight is 249 g/mol. The molecule has 0 aromatic rings. The Bertz CT molecular complexity index is 361. The topological polar surface area (TPSA) is 74.7 Å². The Hall–Kier alpha value is -0.620. The molecule has 0 aromatic heterocycles. The molecule has 0 bridgehead atoms. The van der Waals surface area contributed by atoms with Gasteiger partial charge in [0.25, 0.3) is 0 Å². The molecule has 1 rings (SSSR count). The summed E-state index contributed by atoms with van der Waals surface area (Å²) in [6.45, 7) is 5.18. The van der Waals surface area contributed by atoms with Crippen LogP contribution in [-0.2, 0) is 14.8 Å². The minimum Gasteiger partial charge on any atom is -0.481 e. The zero-order valence-electron chi connectivity index (χ0n) is 9.77. The van der Waals surface area contributed by atoms with E-state index in [4.69, 9.17) is 5.11 Å². The Morgan fingerprint density at radius 2 is 2.06 bits per heavy atom. The number of rotatable bonds is 5. The summed E-state index contributed by atoms with van der Waals surface area (Å²) in [6.07, 6.45) is 0.968. The molecular formula is C10H19NO4S. The van der Waals surface area contributed by atoms with Crippen molar-refractivity contribution in [2.45, 2.75) is 33.1 Å². The molecule has 1 aliphatic rings. The van der Waals surface area contributed by atoms with Crippen LogP contribution in [0.2, 0.25) is 0 Å². The minimum absolute atomic E-state index is 0.0415. The summed E-state index contributed by atoms with van der Waals surface area (Å²) in [6, 6.07) is 0. The molecule has 0 amide bonds. The average Bonchev–Trinajstić information content (AvgIpc) is 2.45. The van der Waals surface area contributed by atoms with Crippen molar-refractivity contribution in [1.29, 1.82) is 0 Å². The molecule has 6 heteroatoms. The third-order valence-corrected chi connectivity index (χ3v) is 4.73. The first kappa shape index (κ1) is 13.4. The van der Waals surface area contributed by atoms with E-state index in [2.05, 4.69) is 0 Å². The van der Waals surface area contributed by atoms with Gasteiger partial charge in [0.05, 0.1) is 5.75 Å². The molecule has 5 nitrogen and oxygen atoms in total. The summed E-state index contributed by atoms with van der Waals surface area (Å²) >= 11 is 0. The van der Waals surface area contributed by atoms with E-state index in [1.165, 1.54) is 4.31 Å². The number of carboxylic acids is 1. The van der Waals surface area contributed by atoms with Gasteiger partial charge in [-0.2, -0.15) is 0 Å². The summed E-state index contributed by atoms with van der Waals surface area (Å²) in [5.41, 5.74) is 0.0415. The van der Waals surface area contributed by atoms with Crippen molar-refractivity contribution in [3.8, 4) is 0 Å². The first-order chi connectivity index (χ1) is 7.23. The van der Waals surface area contributed by atoms with E-state index in [9.17, 15) is 13.2 Å². The fourth-order valence-corrected chi connectivity index (χ4v) is 3.52. The van der Waals surface area contributed by atoms with Crippen LogP contribution in [0, 0.1) is 5.41 Å². The molecule has 1 fully saturated rings. The predicted molar refractivity (Wildman–Crippen MR) is 60.6 cm³/mol. The highest BCUT2D eigenvalue weighted by molar-refractivity contribution is 7.89. The van der Waals surface area contributed by atoms with Crippen molar-refractivity contribution < 1.29 is 18.3 Å². The van der Waals surface area contributed by atoms with Crippen LogP contribution in [0.15, 0.2) is 0 Å². The quantitative estimate of drug-likeness (QED) is 0.786. The van der Waals surface area contributed by atoms with Crippen LogP contribution < -0.4 is 0 Å². The molecule has 1 N–H and O–H groups in total. The van der Waals surface area contributed by atoms with Crippen LogP contribution in [0.25, 0.3) is 0 Å². The number of carbonyl (C=O) groups is 1. The van der Waals surface area contributed by atoms with Gasteiger partial charge >= 0.3 is 5.97 Å². The second-order valence-electron chi connectivity index (χ2n) is 5.06. The number of sulfonamides is 1. The van der Waals surface area contributed by atoms with Crippen molar-refractivity contribution in [2.75, 3.05) is 18.8 Å². The Morgan fingerprint density at radius 1 is 1.44 bits per heavy atom. The van der Waals surface area contributed by atoms with E-state index >= 15 is 0 Å². The van der Waals surface area contributed by atoms with Gasteiger partial charge in [0.1, 0.15) is 0 Å². The van der Waals surface area contributed by atoms with Crippen LogP contribution in [0.5, 0.6) is 0 Å². The van der Waals surface area contributed by atoms with Gasteiger partial charge in [-0.15, -0.1) is 0 Å². The molecule has 0 spiro atoms. The zero-order chi connectivity index (χ0) is 12.4. The molecule has 16 heavy (non-hydrogen) atoms. The van der Waals surface area contributed by atoms with Gasteiger partial charge in [0.2, 0.25) is 10.0 Å². The van der Waals surface area contributed by atoms with Crippen LogP contribution in [0.3, 0.4) is 0 Å². The van der Waals surface area contributed by atoms with Gasteiger partial charge in [-0.3, -0.25) is 4.79 Å². The molecular weight excluding hydrogens is 230 g/mol. The Balaban J connectivity index is 2.49. The molecule has 1 saturated heterocycles. The van der Waals surface area contributed by atoms with E-state index in [0.29, 0.717) is 13.1 Å². The molecule has 94 valence electrons. The third kappa shape index (κ3) is 3.75. The monoisotopic (exact) mass is 249 g/mol. The maximum Gasteiger partial charge on any atom is 0.303 e. The zero-order valence-corrected chi connectivity index (χ0v) is 10.6. The van der Waals surface area contributed by atoms with E-state index in [1.54, 1.807) is 0 Å². The smallest absolute Gasteiger partial charge is 0.303 e. The highest BCUT2D eigenvalue weighted by Crippen LogP contribution is 2.30. The predicted octanol–water partition coefficient (Wildman–Crippen LogP) is 0.913. The van der Waals surface area contributed by atoms with Crippen molar-refractivity contribution in [2.24, 2.45) is 5.41 Å². The first-order valence-electron chi connectivity index (χ1n) is 5.43. The third-order valence-electron chi connectivity index (χ3n) is 2.83. The first-order valence-corrected chi connectivity index (χ1v) is 7.03. The maximum absolute atomic E-state index is 11.8. The number of hydrogen-bond donors (Lipinski definition) is 1. The van der Waals surface area contributed by atoms with Gasteiger partial charge < -0.3 is 5.11 Å². The summed E-state index contributed by atoms with van der Waals surface area (Å²) in [5.74, 6) is -1.01. The molecule has 0 aromatic carbocycles. The van der Waals surface area contributed by atoms with Crippen LogP contribution >= 0.6 is 0 Å². The number of carboxylic acid groups (broad SMARTS) is 1. The summed E-state index contributed by atoms with van der Waals surface area (Å²) in [7, 11) is -3.26. The summed E-state index contributed by atoms with van der Waals surface area (Å²) < 4.78 is 25.2. The second kappa shape index (κ2) is 4.71. The lowest BCUT2D eigenvalue weighted by atomic mass is 9.93. The number of nitrogens with zero attached hydrogens (tertiary/aromatic N) is 1. The van der Waals surface area contributed by atoms with E-state index in [-0.39, 0.29) is 24.0 Å². The maximum atomic E-state index is 11.8. The van der Waals surface area contributed by atoms with Crippen molar-refractivity contribution in [3.05, 3.63) is 0 Å². The van der Waals surface area contributed by atoms with Crippen LogP contribution in [0.4, 0.5) is 0 Å². The highest BCUT2D eigenvalue weighted by Gasteiger charge is 2.35. The SMILES string of the molecule is CC1(C)CCN(S(=O)(=O)CCCC(=O)O)C1. The van der Waals surface area contributed by atoms with Crippen molar-refractivity contribution >= 4 is 16.0 Å². The molecule has 0 atom stereocenters. The standard InChI is InChI=1S/C10H19NO4S/c1-10(2)5-6-11(8-10)16(14,15)7-3-4-9(12)13/h3-8H2,1-2H3,(H,12,13). The van der Waals surface area contributed by atoms with Gasteiger partial charge in [-0.25, -0.2) is 12.7 Å². The lowest BCUT2D eigenvalue weighted by Crippen LogP contribution is -2.32. The Kier molecular flexibility index (Phi) is 3.96. The van der Waals surface area contributed by atoms with Crippen LogP contribution in [-0.4, -0.2) is 42.6 Å². The molecule has 1 aliphatic heterocycles. The second-order valence-corrected chi connectivity index (χ2v) is 7.15. The molecule has 1 heterocycles. The van der Waals surface area contributed by atoms with Crippen molar-refractivity contribution in [3.63, 3.8) is 0 Å². The van der Waals surface area contributed by atoms with Crippen LogP contribution in [0.1, 0.15) is 33.1 Å². The normalized spacial score (nSPS) is 21.1. The largest absolute Gasteiger partial charge is 0.481 e. The van der Waals surface area contributed by atoms with Crippen molar-refractivity contribution in [1.82, 2.24) is 4.31 Å². The molecule has 0 aliphatic carbocycles. The Morgan fingerprint density at radius 3 is 2.50 bits per heavy atom. The molecule has 0 radical (unpaired) electrons. The Labute approximate surface area is 96.5 Å². The highest BCUT2D eigenvalue weighted by atomic mass is 32.2. The van der Waals surface area contributed by atoms with E-state index < -0.39 is 16.0 Å². The summed E-state index contributed by atoms with van der Waals surface area (Å²) in [4.78, 5) is 10.3.